The number of aldehydes is 1. The van der Waals surface area contributed by atoms with Gasteiger partial charge in [0.15, 0.2) is 0 Å². The first-order chi connectivity index (χ1) is 11.7. The van der Waals surface area contributed by atoms with Gasteiger partial charge in [0, 0.05) is 12.0 Å². The summed E-state index contributed by atoms with van der Waals surface area (Å²) in [4.78, 5) is 32.6. The van der Waals surface area contributed by atoms with Crippen molar-refractivity contribution in [2.24, 2.45) is 21.7 Å². The third kappa shape index (κ3) is 3.12. The zero-order valence-electron chi connectivity index (χ0n) is 15.5. The molecule has 4 bridgehead atoms. The van der Waals surface area contributed by atoms with E-state index in [4.69, 9.17) is 5.11 Å². The standard InChI is InChI=1S/C8H12O3.C8H10O3.C2H7P/c2*1-11-6(10)8-2-7(3-8,4-8)5-9;1-3-2/h9H,2-5H2,1H3;5H,2-4H2,1H3;3H,1-2H3. The summed E-state index contributed by atoms with van der Waals surface area (Å²) in [5, 5.41) is 8.90. The number of carbonyl (C=O) groups excluding carboxylic acids is 3. The highest BCUT2D eigenvalue weighted by molar-refractivity contribution is 7.35. The van der Waals surface area contributed by atoms with E-state index in [0.717, 1.165) is 53.4 Å². The van der Waals surface area contributed by atoms with E-state index < -0.39 is 0 Å². The highest BCUT2D eigenvalue weighted by Gasteiger charge is 2.72. The molecular weight excluding hydrogens is 343 g/mol. The van der Waals surface area contributed by atoms with Gasteiger partial charge < -0.3 is 19.4 Å². The minimum absolute atomic E-state index is 0.0900. The fourth-order valence-corrected chi connectivity index (χ4v) is 5.02. The molecule has 6 saturated carbocycles. The summed E-state index contributed by atoms with van der Waals surface area (Å²) in [5.74, 6) is -0.228. The van der Waals surface area contributed by atoms with Gasteiger partial charge in [0.1, 0.15) is 6.29 Å². The monoisotopic (exact) mass is 372 g/mol. The van der Waals surface area contributed by atoms with E-state index in [1.807, 2.05) is 0 Å². The van der Waals surface area contributed by atoms with Crippen molar-refractivity contribution in [2.75, 3.05) is 34.2 Å². The predicted molar refractivity (Wildman–Crippen MR) is 94.8 cm³/mol. The molecule has 0 amide bonds. The summed E-state index contributed by atoms with van der Waals surface area (Å²) in [7, 11) is 3.91. The summed E-state index contributed by atoms with van der Waals surface area (Å²) in [5.41, 5.74) is -0.463. The summed E-state index contributed by atoms with van der Waals surface area (Å²) >= 11 is 0. The number of carbonyl (C=O) groups is 3. The fourth-order valence-electron chi connectivity index (χ4n) is 5.02. The second-order valence-corrected chi connectivity index (χ2v) is 9.24. The van der Waals surface area contributed by atoms with Crippen LogP contribution in [0.4, 0.5) is 0 Å². The lowest BCUT2D eigenvalue weighted by Gasteiger charge is -2.67. The van der Waals surface area contributed by atoms with Crippen molar-refractivity contribution in [1.29, 1.82) is 0 Å². The van der Waals surface area contributed by atoms with Gasteiger partial charge >= 0.3 is 11.9 Å². The van der Waals surface area contributed by atoms with Gasteiger partial charge in [-0.05, 0) is 57.3 Å². The predicted octanol–water partition coefficient (Wildman–Crippen LogP) is 1.78. The molecule has 6 aliphatic carbocycles. The van der Waals surface area contributed by atoms with E-state index in [0.29, 0.717) is 0 Å². The van der Waals surface area contributed by atoms with Gasteiger partial charge in [-0.15, -0.1) is 8.58 Å². The van der Waals surface area contributed by atoms with Gasteiger partial charge in [-0.25, -0.2) is 0 Å². The minimum Gasteiger partial charge on any atom is -0.469 e. The maximum Gasteiger partial charge on any atom is 0.311 e. The van der Waals surface area contributed by atoms with Crippen molar-refractivity contribution in [1.82, 2.24) is 0 Å². The van der Waals surface area contributed by atoms with Crippen LogP contribution in [0.5, 0.6) is 0 Å². The molecule has 0 aromatic heterocycles. The van der Waals surface area contributed by atoms with E-state index in [-0.39, 0.29) is 40.2 Å². The number of aliphatic hydroxyl groups is 1. The van der Waals surface area contributed by atoms with Crippen LogP contribution in [-0.4, -0.2) is 57.5 Å². The van der Waals surface area contributed by atoms with Crippen LogP contribution in [0.1, 0.15) is 38.5 Å². The molecule has 0 aromatic carbocycles. The molecule has 6 rings (SSSR count). The Hall–Kier alpha value is -1.00. The Labute approximate surface area is 150 Å². The zero-order valence-corrected chi connectivity index (χ0v) is 16.5. The number of ether oxygens (including phenoxy) is 2. The Bertz CT molecular complexity index is 518. The average Bonchev–Trinajstić information content (AvgIpc) is 2.44. The van der Waals surface area contributed by atoms with Crippen molar-refractivity contribution in [3.63, 3.8) is 0 Å². The second kappa shape index (κ2) is 6.96. The molecule has 0 saturated heterocycles. The van der Waals surface area contributed by atoms with Crippen LogP contribution in [0.2, 0.25) is 0 Å². The normalized spacial score (nSPS) is 40.7. The quantitative estimate of drug-likeness (QED) is 0.460. The van der Waals surface area contributed by atoms with Crippen LogP contribution in [0.3, 0.4) is 0 Å². The van der Waals surface area contributed by atoms with E-state index >= 15 is 0 Å². The number of methoxy groups -OCH3 is 2. The largest absolute Gasteiger partial charge is 0.469 e. The van der Waals surface area contributed by atoms with Crippen LogP contribution in [0, 0.1) is 21.7 Å². The molecule has 0 spiro atoms. The first-order valence-electron chi connectivity index (χ1n) is 8.57. The lowest BCUT2D eigenvalue weighted by Crippen LogP contribution is -2.67. The fraction of sp³-hybridized carbons (Fsp3) is 0.833. The van der Waals surface area contributed by atoms with Crippen molar-refractivity contribution in [2.45, 2.75) is 38.5 Å². The van der Waals surface area contributed by atoms with E-state index in [1.54, 1.807) is 0 Å². The Balaban J connectivity index is 0.000000156. The molecular formula is C18H29O6P. The molecule has 25 heavy (non-hydrogen) atoms. The molecule has 6 nitrogen and oxygen atoms in total. The lowest BCUT2D eigenvalue weighted by molar-refractivity contribution is -0.236. The van der Waals surface area contributed by atoms with Crippen molar-refractivity contribution in [3.8, 4) is 0 Å². The van der Waals surface area contributed by atoms with Crippen LogP contribution in [0.25, 0.3) is 0 Å². The van der Waals surface area contributed by atoms with Crippen LogP contribution in [-0.2, 0) is 23.9 Å². The van der Waals surface area contributed by atoms with Gasteiger partial charge in [-0.1, -0.05) is 0 Å². The van der Waals surface area contributed by atoms with Crippen molar-refractivity contribution < 1.29 is 29.0 Å². The maximum absolute atomic E-state index is 11.1. The molecule has 6 fully saturated rings. The Kier molecular flexibility index (Phi) is 5.65. The molecule has 0 radical (unpaired) electrons. The molecule has 0 unspecified atom stereocenters. The summed E-state index contributed by atoms with van der Waals surface area (Å²) in [6.45, 7) is 4.53. The molecule has 142 valence electrons. The highest BCUT2D eigenvalue weighted by Crippen LogP contribution is 2.73. The van der Waals surface area contributed by atoms with Crippen molar-refractivity contribution >= 4 is 26.8 Å². The number of hydrogen-bond donors (Lipinski definition) is 1. The number of rotatable bonds is 4. The first kappa shape index (κ1) is 20.3. The third-order valence-electron chi connectivity index (χ3n) is 6.03. The first-order valence-corrected chi connectivity index (χ1v) is 10.6. The SMILES string of the molecule is COC(=O)C12CC(C=O)(C1)C2.COC(=O)C12CC(CO)(C1)C2.CPC. The number of hydrogen-bond acceptors (Lipinski definition) is 6. The minimum atomic E-state index is -0.254. The van der Waals surface area contributed by atoms with Gasteiger partial charge in [-0.3, -0.25) is 9.59 Å². The van der Waals surface area contributed by atoms with Crippen molar-refractivity contribution in [3.05, 3.63) is 0 Å². The van der Waals surface area contributed by atoms with Crippen LogP contribution < -0.4 is 0 Å². The molecule has 7 heteroatoms. The summed E-state index contributed by atoms with van der Waals surface area (Å²) < 4.78 is 9.29. The number of esters is 2. The highest BCUT2D eigenvalue weighted by atomic mass is 31.1. The van der Waals surface area contributed by atoms with Crippen LogP contribution >= 0.6 is 8.58 Å². The second-order valence-electron chi connectivity index (χ2n) is 8.24. The third-order valence-corrected chi connectivity index (χ3v) is 6.03. The molecule has 1 N–H and O–H groups in total. The topological polar surface area (TPSA) is 89.9 Å². The van der Waals surface area contributed by atoms with Crippen LogP contribution in [0.15, 0.2) is 0 Å². The van der Waals surface area contributed by atoms with Gasteiger partial charge in [0.25, 0.3) is 0 Å². The Morgan fingerprint density at radius 3 is 1.60 bits per heavy atom. The average molecular weight is 372 g/mol. The zero-order chi connectivity index (χ0) is 18.9. The molecule has 6 aliphatic rings. The van der Waals surface area contributed by atoms with E-state index in [1.165, 1.54) is 14.2 Å². The van der Waals surface area contributed by atoms with Gasteiger partial charge in [-0.2, -0.15) is 0 Å². The lowest BCUT2D eigenvalue weighted by atomic mass is 9.35. The Morgan fingerprint density at radius 2 is 1.32 bits per heavy atom. The molecule has 0 aromatic rings. The Morgan fingerprint density at radius 1 is 0.960 bits per heavy atom. The maximum atomic E-state index is 11.1. The summed E-state index contributed by atoms with van der Waals surface area (Å²) in [6, 6.07) is 0. The molecule has 0 aliphatic heterocycles. The van der Waals surface area contributed by atoms with E-state index in [9.17, 15) is 14.4 Å². The smallest absolute Gasteiger partial charge is 0.311 e. The number of aliphatic hydroxyl groups excluding tert-OH is 1. The van der Waals surface area contributed by atoms with Gasteiger partial charge in [0.05, 0.1) is 25.0 Å². The molecule has 0 heterocycles. The summed E-state index contributed by atoms with van der Waals surface area (Å²) in [6.07, 6.45) is 5.65. The van der Waals surface area contributed by atoms with E-state index in [2.05, 4.69) is 22.8 Å². The molecule has 0 atom stereocenters. The van der Waals surface area contributed by atoms with Gasteiger partial charge in [0.2, 0.25) is 0 Å².